The second kappa shape index (κ2) is 2.38. The minimum atomic E-state index is 0.747. The van der Waals surface area contributed by atoms with Crippen LogP contribution in [0.5, 0.6) is 5.75 Å². The number of rotatable bonds is 0. The van der Waals surface area contributed by atoms with Crippen LogP contribution in [0.3, 0.4) is 0 Å². The molecule has 0 spiro atoms. The number of para-hydroxylation sites is 1. The molecule has 56 valence electrons. The summed E-state index contributed by atoms with van der Waals surface area (Å²) in [4.78, 5) is 4.01. The third-order valence-corrected chi connectivity index (χ3v) is 1.80. The van der Waals surface area contributed by atoms with Crippen molar-refractivity contribution in [3.63, 3.8) is 0 Å². The second-order valence-corrected chi connectivity index (χ2v) is 2.63. The van der Waals surface area contributed by atoms with Crippen molar-refractivity contribution in [2.24, 2.45) is 4.99 Å². The molecule has 0 saturated carbocycles. The Morgan fingerprint density at radius 1 is 1.45 bits per heavy atom. The molecule has 1 aliphatic heterocycles. The van der Waals surface area contributed by atoms with Crippen LogP contribution in [0.15, 0.2) is 23.2 Å². The van der Waals surface area contributed by atoms with E-state index in [1.54, 1.807) is 0 Å². The van der Waals surface area contributed by atoms with Gasteiger partial charge in [0.15, 0.2) is 6.40 Å². The number of ether oxygens (including phenoxy) is 1. The number of hydrogen-bond donors (Lipinski definition) is 0. The fourth-order valence-corrected chi connectivity index (χ4v) is 1.23. The van der Waals surface area contributed by atoms with Crippen molar-refractivity contribution in [2.45, 2.75) is 13.5 Å². The van der Waals surface area contributed by atoms with Gasteiger partial charge in [0.1, 0.15) is 5.75 Å². The van der Waals surface area contributed by atoms with Crippen LogP contribution in [-0.2, 0) is 6.54 Å². The van der Waals surface area contributed by atoms with Crippen molar-refractivity contribution in [1.29, 1.82) is 0 Å². The Balaban J connectivity index is 2.54. The Labute approximate surface area is 65.5 Å². The van der Waals surface area contributed by atoms with Crippen LogP contribution in [0.1, 0.15) is 11.1 Å². The molecule has 0 aromatic heterocycles. The maximum atomic E-state index is 5.26. The van der Waals surface area contributed by atoms with E-state index in [0.717, 1.165) is 12.3 Å². The summed E-state index contributed by atoms with van der Waals surface area (Å²) in [5.74, 6) is 0.975. The van der Waals surface area contributed by atoms with Crippen LogP contribution in [0.2, 0.25) is 0 Å². The monoisotopic (exact) mass is 147 g/mol. The van der Waals surface area contributed by atoms with Gasteiger partial charge in [0, 0.05) is 5.56 Å². The molecule has 2 rings (SSSR count). The summed E-state index contributed by atoms with van der Waals surface area (Å²) in [7, 11) is 0. The lowest BCUT2D eigenvalue weighted by Gasteiger charge is -2.12. The average molecular weight is 147 g/mol. The molecule has 11 heavy (non-hydrogen) atoms. The third kappa shape index (κ3) is 1.00. The lowest BCUT2D eigenvalue weighted by atomic mass is 10.1. The Morgan fingerprint density at radius 2 is 2.36 bits per heavy atom. The van der Waals surface area contributed by atoms with E-state index in [-0.39, 0.29) is 0 Å². The number of nitrogens with zero attached hydrogens (tertiary/aromatic N) is 1. The number of benzene rings is 1. The van der Waals surface area contributed by atoms with E-state index < -0.39 is 0 Å². The summed E-state index contributed by atoms with van der Waals surface area (Å²) >= 11 is 0. The van der Waals surface area contributed by atoms with E-state index in [1.165, 1.54) is 17.5 Å². The summed E-state index contributed by atoms with van der Waals surface area (Å²) in [5.41, 5.74) is 2.35. The predicted molar refractivity (Wildman–Crippen MR) is 44.0 cm³/mol. The van der Waals surface area contributed by atoms with Crippen molar-refractivity contribution in [3.8, 4) is 5.75 Å². The summed E-state index contributed by atoms with van der Waals surface area (Å²) in [6, 6.07) is 6.11. The first-order valence-electron chi connectivity index (χ1n) is 3.61. The van der Waals surface area contributed by atoms with Gasteiger partial charge in [0.2, 0.25) is 0 Å². The molecular weight excluding hydrogens is 138 g/mol. The molecule has 2 nitrogen and oxygen atoms in total. The van der Waals surface area contributed by atoms with E-state index in [9.17, 15) is 0 Å². The normalized spacial score (nSPS) is 13.9. The number of aryl methyl sites for hydroxylation is 1. The molecule has 1 aromatic carbocycles. The molecule has 0 amide bonds. The number of aliphatic imine (C=N–C) groups is 1. The van der Waals surface area contributed by atoms with Gasteiger partial charge >= 0.3 is 0 Å². The molecule has 0 unspecified atom stereocenters. The summed E-state index contributed by atoms with van der Waals surface area (Å²) in [6.07, 6.45) is 1.51. The Bertz CT molecular complexity index is 304. The minimum absolute atomic E-state index is 0.747. The van der Waals surface area contributed by atoms with Gasteiger partial charge in [-0.2, -0.15) is 0 Å². The zero-order chi connectivity index (χ0) is 7.68. The molecule has 1 aliphatic rings. The first-order chi connectivity index (χ1) is 5.38. The highest BCUT2D eigenvalue weighted by molar-refractivity contribution is 5.58. The zero-order valence-electron chi connectivity index (χ0n) is 6.37. The highest BCUT2D eigenvalue weighted by Crippen LogP contribution is 2.25. The molecule has 0 radical (unpaired) electrons. The lowest BCUT2D eigenvalue weighted by Crippen LogP contribution is -2.02. The zero-order valence-corrected chi connectivity index (χ0v) is 6.37. The first-order valence-corrected chi connectivity index (χ1v) is 3.61. The third-order valence-electron chi connectivity index (χ3n) is 1.80. The van der Waals surface area contributed by atoms with E-state index in [0.29, 0.717) is 0 Å². The SMILES string of the molecule is Cc1cccc2c1OC=NC2. The molecule has 0 saturated heterocycles. The van der Waals surface area contributed by atoms with E-state index >= 15 is 0 Å². The average Bonchev–Trinajstić information content (AvgIpc) is 2.06. The number of fused-ring (bicyclic) bond motifs is 1. The second-order valence-electron chi connectivity index (χ2n) is 2.63. The standard InChI is InChI=1S/C9H9NO/c1-7-3-2-4-8-5-10-6-11-9(7)8/h2-4,6H,5H2,1H3. The first kappa shape index (κ1) is 6.40. The van der Waals surface area contributed by atoms with Gasteiger partial charge in [-0.1, -0.05) is 18.2 Å². The summed E-state index contributed by atoms with van der Waals surface area (Å²) in [5, 5.41) is 0. The maximum Gasteiger partial charge on any atom is 0.176 e. The van der Waals surface area contributed by atoms with Crippen LogP contribution in [0.4, 0.5) is 0 Å². The van der Waals surface area contributed by atoms with Gasteiger partial charge in [0.25, 0.3) is 0 Å². The smallest absolute Gasteiger partial charge is 0.176 e. The molecule has 2 heteroatoms. The van der Waals surface area contributed by atoms with Gasteiger partial charge < -0.3 is 4.74 Å². The molecule has 0 N–H and O–H groups in total. The van der Waals surface area contributed by atoms with Crippen molar-refractivity contribution < 1.29 is 4.74 Å². The van der Waals surface area contributed by atoms with Gasteiger partial charge in [-0.15, -0.1) is 0 Å². The molecule has 0 bridgehead atoms. The lowest BCUT2D eigenvalue weighted by molar-refractivity contribution is 0.541. The van der Waals surface area contributed by atoms with Gasteiger partial charge in [-0.25, -0.2) is 0 Å². The van der Waals surface area contributed by atoms with Gasteiger partial charge in [-0.3, -0.25) is 4.99 Å². The van der Waals surface area contributed by atoms with E-state index in [1.807, 2.05) is 25.1 Å². The van der Waals surface area contributed by atoms with Gasteiger partial charge in [0.05, 0.1) is 6.54 Å². The van der Waals surface area contributed by atoms with Crippen LogP contribution < -0.4 is 4.74 Å². The summed E-state index contributed by atoms with van der Waals surface area (Å²) in [6.45, 7) is 2.79. The quantitative estimate of drug-likeness (QED) is 0.549. The fourth-order valence-electron chi connectivity index (χ4n) is 1.23. The Morgan fingerprint density at radius 3 is 3.18 bits per heavy atom. The van der Waals surface area contributed by atoms with Crippen molar-refractivity contribution in [1.82, 2.24) is 0 Å². The van der Waals surface area contributed by atoms with Crippen LogP contribution >= 0.6 is 0 Å². The fraction of sp³-hybridized carbons (Fsp3) is 0.222. The van der Waals surface area contributed by atoms with Crippen LogP contribution in [0.25, 0.3) is 0 Å². The summed E-state index contributed by atoms with van der Waals surface area (Å²) < 4.78 is 5.26. The highest BCUT2D eigenvalue weighted by atomic mass is 16.5. The largest absolute Gasteiger partial charge is 0.446 e. The topological polar surface area (TPSA) is 21.6 Å². The molecule has 0 aliphatic carbocycles. The molecule has 0 atom stereocenters. The maximum absolute atomic E-state index is 5.26. The highest BCUT2D eigenvalue weighted by Gasteiger charge is 2.07. The molecule has 1 aromatic rings. The molecular formula is C9H9NO. The predicted octanol–water partition coefficient (Wildman–Crippen LogP) is 1.92. The van der Waals surface area contributed by atoms with Gasteiger partial charge in [-0.05, 0) is 12.5 Å². The molecule has 1 heterocycles. The van der Waals surface area contributed by atoms with Crippen LogP contribution in [-0.4, -0.2) is 6.40 Å². The Kier molecular flexibility index (Phi) is 1.39. The Hall–Kier alpha value is -1.31. The van der Waals surface area contributed by atoms with Crippen molar-refractivity contribution in [3.05, 3.63) is 29.3 Å². The molecule has 0 fully saturated rings. The van der Waals surface area contributed by atoms with E-state index in [4.69, 9.17) is 4.74 Å². The minimum Gasteiger partial charge on any atom is -0.446 e. The van der Waals surface area contributed by atoms with E-state index in [2.05, 4.69) is 4.99 Å². The van der Waals surface area contributed by atoms with Crippen molar-refractivity contribution >= 4 is 6.40 Å². The van der Waals surface area contributed by atoms with Crippen LogP contribution in [0, 0.1) is 6.92 Å². The van der Waals surface area contributed by atoms with Crippen molar-refractivity contribution in [2.75, 3.05) is 0 Å². The number of hydrogen-bond acceptors (Lipinski definition) is 2.